The molecular formula is C9H11N. The van der Waals surface area contributed by atoms with Crippen LogP contribution in [-0.4, -0.2) is 4.98 Å². The molecule has 1 nitrogen and oxygen atoms in total. The molecule has 0 aromatic carbocycles. The molecule has 10 heavy (non-hydrogen) atoms. The molecule has 0 amide bonds. The Bertz CT molecular complexity index is 243. The predicted octanol–water partition coefficient (Wildman–Crippen LogP) is 2.52. The van der Waals surface area contributed by atoms with Gasteiger partial charge in [0.05, 0.1) is 0 Å². The quantitative estimate of drug-likeness (QED) is 0.597. The van der Waals surface area contributed by atoms with Crippen LogP contribution in [0.15, 0.2) is 31.0 Å². The van der Waals surface area contributed by atoms with Crippen molar-refractivity contribution in [1.29, 1.82) is 0 Å². The largest absolute Gasteiger partial charge is 0.365 e. The molecule has 1 N–H and O–H groups in total. The van der Waals surface area contributed by atoms with E-state index in [4.69, 9.17) is 0 Å². The second-order valence-corrected chi connectivity index (χ2v) is 2.15. The molecule has 0 fully saturated rings. The Morgan fingerprint density at radius 3 is 2.90 bits per heavy atom. The summed E-state index contributed by atoms with van der Waals surface area (Å²) in [4.78, 5) is 3.09. The summed E-state index contributed by atoms with van der Waals surface area (Å²) >= 11 is 0. The fourth-order valence-corrected chi connectivity index (χ4v) is 0.817. The molecule has 0 saturated heterocycles. The van der Waals surface area contributed by atoms with Crippen molar-refractivity contribution < 1.29 is 0 Å². The van der Waals surface area contributed by atoms with E-state index in [1.54, 1.807) is 6.08 Å². The van der Waals surface area contributed by atoms with E-state index in [2.05, 4.69) is 11.6 Å². The van der Waals surface area contributed by atoms with E-state index in [0.717, 1.165) is 0 Å². The minimum Gasteiger partial charge on any atom is -0.365 e. The first-order chi connectivity index (χ1) is 4.84. The molecule has 1 rings (SSSR count). The summed E-state index contributed by atoms with van der Waals surface area (Å²) in [6.07, 6.45) is 7.65. The van der Waals surface area contributed by atoms with Gasteiger partial charge in [0.25, 0.3) is 0 Å². The third-order valence-electron chi connectivity index (χ3n) is 1.41. The second-order valence-electron chi connectivity index (χ2n) is 2.15. The highest BCUT2D eigenvalue weighted by molar-refractivity contribution is 5.53. The van der Waals surface area contributed by atoms with Gasteiger partial charge >= 0.3 is 0 Å². The summed E-state index contributed by atoms with van der Waals surface area (Å²) in [6.45, 7) is 5.64. The molecule has 0 bridgehead atoms. The number of nitrogens with one attached hydrogen (secondary N) is 1. The number of aromatic nitrogens is 1. The van der Waals surface area contributed by atoms with Crippen molar-refractivity contribution >= 4 is 6.08 Å². The van der Waals surface area contributed by atoms with Crippen LogP contribution in [0.25, 0.3) is 6.08 Å². The van der Waals surface area contributed by atoms with Gasteiger partial charge < -0.3 is 4.98 Å². The number of hydrogen-bond acceptors (Lipinski definition) is 0. The first kappa shape index (κ1) is 6.87. The van der Waals surface area contributed by atoms with Crippen LogP contribution >= 0.6 is 0 Å². The molecule has 1 heterocycles. The van der Waals surface area contributed by atoms with Gasteiger partial charge in [-0.25, -0.2) is 0 Å². The van der Waals surface area contributed by atoms with Gasteiger partial charge in [-0.05, 0) is 18.6 Å². The maximum atomic E-state index is 3.59. The lowest BCUT2D eigenvalue weighted by Crippen LogP contribution is -1.71. The molecule has 0 radical (unpaired) electrons. The van der Waals surface area contributed by atoms with Crippen LogP contribution in [0.3, 0.4) is 0 Å². The average molecular weight is 133 g/mol. The summed E-state index contributed by atoms with van der Waals surface area (Å²) in [6, 6.07) is 2.04. The van der Waals surface area contributed by atoms with Crippen molar-refractivity contribution in [2.24, 2.45) is 0 Å². The van der Waals surface area contributed by atoms with E-state index in [0.29, 0.717) is 0 Å². The highest BCUT2D eigenvalue weighted by Crippen LogP contribution is 2.06. The Balaban J connectivity index is 2.83. The molecule has 0 saturated carbocycles. The number of hydrogen-bond donors (Lipinski definition) is 1. The van der Waals surface area contributed by atoms with Crippen LogP contribution in [0, 0.1) is 6.92 Å². The molecule has 0 aliphatic carbocycles. The zero-order chi connectivity index (χ0) is 7.40. The van der Waals surface area contributed by atoms with Crippen molar-refractivity contribution in [3.8, 4) is 0 Å². The third kappa shape index (κ3) is 1.38. The topological polar surface area (TPSA) is 15.8 Å². The maximum Gasteiger partial charge on any atom is 0.0189 e. The summed E-state index contributed by atoms with van der Waals surface area (Å²) in [5.74, 6) is 0. The predicted molar refractivity (Wildman–Crippen MR) is 44.8 cm³/mol. The van der Waals surface area contributed by atoms with E-state index in [-0.39, 0.29) is 0 Å². The molecule has 1 heteroatoms. The molecule has 1 aromatic rings. The average Bonchev–Trinajstić information content (AvgIpc) is 2.31. The van der Waals surface area contributed by atoms with Gasteiger partial charge in [-0.2, -0.15) is 0 Å². The maximum absolute atomic E-state index is 3.59. The molecule has 0 aliphatic rings. The third-order valence-corrected chi connectivity index (χ3v) is 1.41. The summed E-state index contributed by atoms with van der Waals surface area (Å²) < 4.78 is 0. The monoisotopic (exact) mass is 133 g/mol. The van der Waals surface area contributed by atoms with E-state index < -0.39 is 0 Å². The minimum absolute atomic E-state index is 1.19. The Labute approximate surface area is 61.1 Å². The minimum atomic E-state index is 1.19. The number of allylic oxidation sites excluding steroid dienone is 2. The van der Waals surface area contributed by atoms with Gasteiger partial charge in [0.1, 0.15) is 0 Å². The Morgan fingerprint density at radius 1 is 1.60 bits per heavy atom. The fourth-order valence-electron chi connectivity index (χ4n) is 0.817. The molecule has 0 atom stereocenters. The summed E-state index contributed by atoms with van der Waals surface area (Å²) in [7, 11) is 0. The lowest BCUT2D eigenvalue weighted by Gasteiger charge is -1.86. The zero-order valence-electron chi connectivity index (χ0n) is 6.09. The van der Waals surface area contributed by atoms with Gasteiger partial charge in [0.15, 0.2) is 0 Å². The highest BCUT2D eigenvalue weighted by atomic mass is 14.7. The summed E-state index contributed by atoms with van der Waals surface area (Å²) in [5.41, 5.74) is 2.41. The fraction of sp³-hybridized carbons (Fsp3) is 0.111. The summed E-state index contributed by atoms with van der Waals surface area (Å²) in [5, 5.41) is 0. The second kappa shape index (κ2) is 3.06. The lowest BCUT2D eigenvalue weighted by atomic mass is 10.2. The van der Waals surface area contributed by atoms with Crippen molar-refractivity contribution in [3.05, 3.63) is 42.3 Å². The first-order valence-electron chi connectivity index (χ1n) is 3.27. The van der Waals surface area contributed by atoms with E-state index in [9.17, 15) is 0 Å². The standard InChI is InChI=1S/C9H11N/c1-3-4-5-9-6-7-10-8(9)2/h3-7,10H,1H2,2H3/b5-4-. The van der Waals surface area contributed by atoms with Crippen LogP contribution in [-0.2, 0) is 0 Å². The SMILES string of the molecule is C=C/C=C\c1cc[nH]c1C. The van der Waals surface area contributed by atoms with Crippen LogP contribution in [0.5, 0.6) is 0 Å². The smallest absolute Gasteiger partial charge is 0.0189 e. The van der Waals surface area contributed by atoms with Gasteiger partial charge in [-0.15, -0.1) is 0 Å². The Hall–Kier alpha value is -1.24. The zero-order valence-corrected chi connectivity index (χ0v) is 6.09. The van der Waals surface area contributed by atoms with Gasteiger partial charge in [0.2, 0.25) is 0 Å². The molecular weight excluding hydrogens is 122 g/mol. The lowest BCUT2D eigenvalue weighted by molar-refractivity contribution is 1.26. The molecule has 52 valence electrons. The van der Waals surface area contributed by atoms with Crippen LogP contribution < -0.4 is 0 Å². The molecule has 1 aromatic heterocycles. The Kier molecular flexibility index (Phi) is 2.11. The van der Waals surface area contributed by atoms with Crippen LogP contribution in [0.2, 0.25) is 0 Å². The van der Waals surface area contributed by atoms with Crippen molar-refractivity contribution in [2.45, 2.75) is 6.92 Å². The molecule has 0 aliphatic heterocycles. The highest BCUT2D eigenvalue weighted by Gasteiger charge is 1.90. The molecule has 0 unspecified atom stereocenters. The van der Waals surface area contributed by atoms with Crippen LogP contribution in [0.1, 0.15) is 11.3 Å². The van der Waals surface area contributed by atoms with Crippen molar-refractivity contribution in [2.75, 3.05) is 0 Å². The van der Waals surface area contributed by atoms with E-state index in [1.165, 1.54) is 11.3 Å². The molecule has 0 spiro atoms. The Morgan fingerprint density at radius 2 is 2.40 bits per heavy atom. The number of rotatable bonds is 2. The van der Waals surface area contributed by atoms with Crippen molar-refractivity contribution in [1.82, 2.24) is 4.98 Å². The van der Waals surface area contributed by atoms with E-state index in [1.807, 2.05) is 31.3 Å². The number of aryl methyl sites for hydroxylation is 1. The first-order valence-corrected chi connectivity index (χ1v) is 3.27. The van der Waals surface area contributed by atoms with Crippen molar-refractivity contribution in [3.63, 3.8) is 0 Å². The van der Waals surface area contributed by atoms with Crippen LogP contribution in [0.4, 0.5) is 0 Å². The number of aromatic amines is 1. The normalized spacial score (nSPS) is 10.5. The van der Waals surface area contributed by atoms with Gasteiger partial charge in [-0.3, -0.25) is 0 Å². The number of H-pyrrole nitrogens is 1. The van der Waals surface area contributed by atoms with E-state index >= 15 is 0 Å². The van der Waals surface area contributed by atoms with Gasteiger partial charge in [-0.1, -0.05) is 24.8 Å². The van der Waals surface area contributed by atoms with Gasteiger partial charge in [0, 0.05) is 11.9 Å².